The maximum absolute atomic E-state index is 13.5. The zero-order chi connectivity index (χ0) is 27.8. The molecule has 0 aliphatic carbocycles. The summed E-state index contributed by atoms with van der Waals surface area (Å²) in [6, 6.07) is 20.5. The Balaban J connectivity index is 1.57. The average molecular weight is 528 g/mol. The van der Waals surface area contributed by atoms with Gasteiger partial charge < -0.3 is 25.0 Å². The van der Waals surface area contributed by atoms with Gasteiger partial charge in [-0.2, -0.15) is 0 Å². The number of aliphatic hydroxyl groups is 1. The van der Waals surface area contributed by atoms with E-state index in [2.05, 4.69) is 10.3 Å². The van der Waals surface area contributed by atoms with Crippen LogP contribution in [-0.2, 0) is 6.42 Å². The van der Waals surface area contributed by atoms with Gasteiger partial charge in [-0.1, -0.05) is 43.3 Å². The van der Waals surface area contributed by atoms with Crippen molar-refractivity contribution >= 4 is 22.7 Å². The number of amides is 2. The summed E-state index contributed by atoms with van der Waals surface area (Å²) in [6.45, 7) is 7.55. The Kier molecular flexibility index (Phi) is 9.39. The van der Waals surface area contributed by atoms with Crippen LogP contribution in [0.3, 0.4) is 0 Å². The highest BCUT2D eigenvalue weighted by atomic mass is 16.5. The number of H-pyrrole nitrogens is 1. The maximum Gasteiger partial charge on any atom is 0.255 e. The summed E-state index contributed by atoms with van der Waals surface area (Å²) in [5.41, 5.74) is 4.81. The molecule has 7 heteroatoms. The number of aromatic nitrogens is 1. The van der Waals surface area contributed by atoms with Crippen molar-refractivity contribution in [2.24, 2.45) is 0 Å². The summed E-state index contributed by atoms with van der Waals surface area (Å²) in [7, 11) is 0. The van der Waals surface area contributed by atoms with E-state index in [0.29, 0.717) is 43.0 Å². The van der Waals surface area contributed by atoms with Crippen LogP contribution in [0.5, 0.6) is 5.75 Å². The van der Waals surface area contributed by atoms with Gasteiger partial charge in [0.15, 0.2) is 0 Å². The number of hydrogen-bond donors (Lipinski definition) is 3. The highest BCUT2D eigenvalue weighted by Crippen LogP contribution is 2.28. The second kappa shape index (κ2) is 13.1. The first-order chi connectivity index (χ1) is 19.0. The molecule has 0 radical (unpaired) electrons. The number of carbonyl (C=O) groups excluding carboxylic acids is 2. The standard InChI is InChI=1S/C32H37N3O4/c1-4-17-39-30-16-15-24(22-11-13-23(14-12-22)32(38)35(5-2)6-3)19-28(30)31(37)34-26(21-36)18-25-20-33-29-10-8-7-9-27(25)29/h7-16,19-20,26,33,36H,4-6,17-18,21H2,1-3H3,(H,34,37)/t26-/m0/s1. The molecule has 0 spiro atoms. The average Bonchev–Trinajstić information content (AvgIpc) is 3.38. The van der Waals surface area contributed by atoms with Gasteiger partial charge in [0.05, 0.1) is 24.8 Å². The Morgan fingerprint density at radius 2 is 1.69 bits per heavy atom. The lowest BCUT2D eigenvalue weighted by atomic mass is 10.00. The first kappa shape index (κ1) is 27.9. The second-order valence-electron chi connectivity index (χ2n) is 9.53. The molecule has 7 nitrogen and oxygen atoms in total. The molecule has 1 aromatic heterocycles. The van der Waals surface area contributed by atoms with Gasteiger partial charge in [-0.15, -0.1) is 0 Å². The largest absolute Gasteiger partial charge is 0.493 e. The van der Waals surface area contributed by atoms with Crippen molar-refractivity contribution < 1.29 is 19.4 Å². The first-order valence-electron chi connectivity index (χ1n) is 13.6. The van der Waals surface area contributed by atoms with Crippen LogP contribution in [0.2, 0.25) is 0 Å². The van der Waals surface area contributed by atoms with E-state index in [0.717, 1.165) is 34.0 Å². The maximum atomic E-state index is 13.5. The summed E-state index contributed by atoms with van der Waals surface area (Å²) in [4.78, 5) is 31.2. The van der Waals surface area contributed by atoms with E-state index in [1.54, 1.807) is 4.90 Å². The van der Waals surface area contributed by atoms with Crippen LogP contribution in [0.15, 0.2) is 72.9 Å². The molecule has 4 rings (SSSR count). The molecule has 3 N–H and O–H groups in total. The Morgan fingerprint density at radius 3 is 2.38 bits per heavy atom. The van der Waals surface area contributed by atoms with Crippen molar-refractivity contribution in [1.82, 2.24) is 15.2 Å². The molecule has 1 atom stereocenters. The molecule has 3 aromatic carbocycles. The van der Waals surface area contributed by atoms with Crippen LogP contribution in [-0.4, -0.2) is 59.1 Å². The van der Waals surface area contributed by atoms with Gasteiger partial charge >= 0.3 is 0 Å². The summed E-state index contributed by atoms with van der Waals surface area (Å²) in [5, 5.41) is 14.2. The summed E-state index contributed by atoms with van der Waals surface area (Å²) in [6.07, 6.45) is 3.22. The minimum atomic E-state index is -0.468. The van der Waals surface area contributed by atoms with Gasteiger partial charge in [0.1, 0.15) is 5.75 Å². The molecule has 2 amide bonds. The number of benzene rings is 3. The predicted molar refractivity (Wildman–Crippen MR) is 155 cm³/mol. The third kappa shape index (κ3) is 6.49. The lowest BCUT2D eigenvalue weighted by Crippen LogP contribution is -2.39. The number of ether oxygens (including phenoxy) is 1. The number of hydrogen-bond acceptors (Lipinski definition) is 4. The van der Waals surface area contributed by atoms with Gasteiger partial charge in [0.25, 0.3) is 11.8 Å². The molecule has 0 aliphatic rings. The number of fused-ring (bicyclic) bond motifs is 1. The van der Waals surface area contributed by atoms with Crippen LogP contribution < -0.4 is 10.1 Å². The van der Waals surface area contributed by atoms with E-state index in [-0.39, 0.29) is 18.4 Å². The topological polar surface area (TPSA) is 94.7 Å². The van der Waals surface area contributed by atoms with Crippen LogP contribution in [0.1, 0.15) is 53.5 Å². The van der Waals surface area contributed by atoms with E-state index in [1.807, 2.05) is 93.7 Å². The number of nitrogens with one attached hydrogen (secondary N) is 2. The minimum Gasteiger partial charge on any atom is -0.493 e. The molecular formula is C32H37N3O4. The Labute approximate surface area is 229 Å². The van der Waals surface area contributed by atoms with Gasteiger partial charge in [-0.3, -0.25) is 9.59 Å². The first-order valence-corrected chi connectivity index (χ1v) is 13.6. The number of aromatic amines is 1. The molecule has 39 heavy (non-hydrogen) atoms. The predicted octanol–water partition coefficient (Wildman–Crippen LogP) is 5.44. The van der Waals surface area contributed by atoms with Crippen molar-refractivity contribution in [3.8, 4) is 16.9 Å². The summed E-state index contributed by atoms with van der Waals surface area (Å²) >= 11 is 0. The van der Waals surface area contributed by atoms with Gasteiger partial charge in [0, 0.05) is 35.8 Å². The molecule has 4 aromatic rings. The Hall–Kier alpha value is -4.10. The zero-order valence-electron chi connectivity index (χ0n) is 22.9. The molecular weight excluding hydrogens is 490 g/mol. The third-order valence-electron chi connectivity index (χ3n) is 6.90. The van der Waals surface area contributed by atoms with Crippen molar-refractivity contribution in [2.75, 3.05) is 26.3 Å². The number of rotatable bonds is 12. The fraction of sp³-hybridized carbons (Fsp3) is 0.312. The fourth-order valence-electron chi connectivity index (χ4n) is 4.71. The number of para-hydroxylation sites is 1. The molecule has 0 fully saturated rings. The van der Waals surface area contributed by atoms with E-state index < -0.39 is 6.04 Å². The van der Waals surface area contributed by atoms with E-state index >= 15 is 0 Å². The number of carbonyl (C=O) groups is 2. The van der Waals surface area contributed by atoms with E-state index in [9.17, 15) is 14.7 Å². The quantitative estimate of drug-likeness (QED) is 0.229. The number of nitrogens with zero attached hydrogens (tertiary/aromatic N) is 1. The smallest absolute Gasteiger partial charge is 0.255 e. The van der Waals surface area contributed by atoms with Crippen LogP contribution in [0, 0.1) is 0 Å². The Bertz CT molecular complexity index is 1410. The van der Waals surface area contributed by atoms with Crippen molar-refractivity contribution in [3.63, 3.8) is 0 Å². The fourth-order valence-corrected chi connectivity index (χ4v) is 4.71. The zero-order valence-corrected chi connectivity index (χ0v) is 22.9. The SMILES string of the molecule is CCCOc1ccc(-c2ccc(C(=O)N(CC)CC)cc2)cc1C(=O)N[C@H](CO)Cc1c[nH]c2ccccc12. The van der Waals surface area contributed by atoms with Gasteiger partial charge in [-0.05, 0) is 73.7 Å². The Morgan fingerprint density at radius 1 is 0.974 bits per heavy atom. The van der Waals surface area contributed by atoms with Crippen LogP contribution >= 0.6 is 0 Å². The lowest BCUT2D eigenvalue weighted by Gasteiger charge is -2.19. The summed E-state index contributed by atoms with van der Waals surface area (Å²) in [5.74, 6) is 0.186. The summed E-state index contributed by atoms with van der Waals surface area (Å²) < 4.78 is 5.90. The number of aliphatic hydroxyl groups excluding tert-OH is 1. The molecule has 204 valence electrons. The molecule has 1 heterocycles. The molecule has 0 aliphatic heterocycles. The second-order valence-corrected chi connectivity index (χ2v) is 9.53. The third-order valence-corrected chi connectivity index (χ3v) is 6.90. The molecule has 0 unspecified atom stereocenters. The normalized spacial score (nSPS) is 11.8. The highest BCUT2D eigenvalue weighted by molar-refractivity contribution is 5.99. The van der Waals surface area contributed by atoms with Gasteiger partial charge in [0.2, 0.25) is 0 Å². The minimum absolute atomic E-state index is 0.000163. The van der Waals surface area contributed by atoms with Crippen molar-refractivity contribution in [3.05, 3.63) is 89.6 Å². The molecule has 0 saturated carbocycles. The molecule has 0 bridgehead atoms. The van der Waals surface area contributed by atoms with E-state index in [1.165, 1.54) is 0 Å². The molecule has 0 saturated heterocycles. The van der Waals surface area contributed by atoms with Crippen molar-refractivity contribution in [2.45, 2.75) is 39.7 Å². The van der Waals surface area contributed by atoms with E-state index in [4.69, 9.17) is 4.74 Å². The van der Waals surface area contributed by atoms with Crippen molar-refractivity contribution in [1.29, 1.82) is 0 Å². The van der Waals surface area contributed by atoms with Crippen LogP contribution in [0.4, 0.5) is 0 Å². The lowest BCUT2D eigenvalue weighted by molar-refractivity contribution is 0.0772. The monoisotopic (exact) mass is 527 g/mol. The van der Waals surface area contributed by atoms with Crippen LogP contribution in [0.25, 0.3) is 22.0 Å². The highest BCUT2D eigenvalue weighted by Gasteiger charge is 2.20. The van der Waals surface area contributed by atoms with Gasteiger partial charge in [-0.25, -0.2) is 0 Å².